The highest BCUT2D eigenvalue weighted by molar-refractivity contribution is 6.30. The highest BCUT2D eigenvalue weighted by Crippen LogP contribution is 2.28. The molecule has 0 spiro atoms. The number of hydrogen-bond acceptors (Lipinski definition) is 5. The third-order valence-electron chi connectivity index (χ3n) is 4.62. The Balaban J connectivity index is 1.37. The van der Waals surface area contributed by atoms with Gasteiger partial charge in [0, 0.05) is 18.2 Å². The molecule has 1 aliphatic carbocycles. The number of hydrogen-bond donors (Lipinski definition) is 2. The molecule has 1 aliphatic rings. The smallest absolute Gasteiger partial charge is 0.258 e. The van der Waals surface area contributed by atoms with Crippen molar-refractivity contribution in [2.75, 3.05) is 13.2 Å². The van der Waals surface area contributed by atoms with Crippen molar-refractivity contribution in [3.05, 3.63) is 76.2 Å². The van der Waals surface area contributed by atoms with Crippen molar-refractivity contribution < 1.29 is 23.5 Å². The SMILES string of the molecule is CC1(NC(=O)COc2ccc(Cl)c(F)c2)C=C(NC(=O)COCc2ccc(C#N)cc2)C1. The lowest BCUT2D eigenvalue weighted by molar-refractivity contribution is -0.125. The summed E-state index contributed by atoms with van der Waals surface area (Å²) in [5.41, 5.74) is 1.49. The van der Waals surface area contributed by atoms with Crippen LogP contribution in [0, 0.1) is 17.1 Å². The first-order valence-electron chi connectivity index (χ1n) is 9.73. The third kappa shape index (κ3) is 6.54. The minimum atomic E-state index is -0.625. The molecule has 0 saturated heterocycles. The van der Waals surface area contributed by atoms with Gasteiger partial charge in [-0.25, -0.2) is 4.39 Å². The van der Waals surface area contributed by atoms with E-state index in [4.69, 9.17) is 26.3 Å². The Bertz CT molecular complexity index is 1080. The van der Waals surface area contributed by atoms with Gasteiger partial charge in [0.2, 0.25) is 5.91 Å². The van der Waals surface area contributed by atoms with Gasteiger partial charge in [-0.15, -0.1) is 0 Å². The fourth-order valence-electron chi connectivity index (χ4n) is 3.13. The van der Waals surface area contributed by atoms with Crippen LogP contribution in [0.3, 0.4) is 0 Å². The van der Waals surface area contributed by atoms with Gasteiger partial charge < -0.3 is 20.1 Å². The van der Waals surface area contributed by atoms with Crippen molar-refractivity contribution in [1.29, 1.82) is 5.26 Å². The number of carbonyl (C=O) groups excluding carboxylic acids is 2. The summed E-state index contributed by atoms with van der Waals surface area (Å²) in [6.45, 7) is 1.66. The first kappa shape index (κ1) is 23.3. The van der Waals surface area contributed by atoms with E-state index >= 15 is 0 Å². The lowest BCUT2D eigenvalue weighted by Gasteiger charge is -2.37. The number of rotatable bonds is 9. The zero-order valence-corrected chi connectivity index (χ0v) is 18.0. The van der Waals surface area contributed by atoms with Gasteiger partial charge in [0.05, 0.1) is 28.8 Å². The summed E-state index contributed by atoms with van der Waals surface area (Å²) in [5, 5.41) is 14.3. The molecule has 2 amide bonds. The van der Waals surface area contributed by atoms with Crippen LogP contribution in [0.4, 0.5) is 4.39 Å². The maximum absolute atomic E-state index is 13.4. The van der Waals surface area contributed by atoms with Crippen LogP contribution in [0.25, 0.3) is 0 Å². The van der Waals surface area contributed by atoms with Gasteiger partial charge in [0.1, 0.15) is 18.2 Å². The molecule has 0 saturated carbocycles. The molecule has 2 N–H and O–H groups in total. The van der Waals surface area contributed by atoms with Crippen LogP contribution in [-0.2, 0) is 20.9 Å². The molecule has 2 aromatic carbocycles. The Labute approximate surface area is 189 Å². The topological polar surface area (TPSA) is 100 Å². The van der Waals surface area contributed by atoms with Crippen LogP contribution in [0.2, 0.25) is 5.02 Å². The first-order chi connectivity index (χ1) is 15.3. The number of amides is 2. The standard InChI is InChI=1S/C23H21ClFN3O4/c1-23(28-22(30)14-32-18-6-7-19(24)20(25)8-18)9-17(10-23)27-21(29)13-31-12-16-4-2-15(11-26)3-5-16/h2-9H,10,12-14H2,1H3,(H,27,29)(H,28,30). The Morgan fingerprint density at radius 3 is 2.56 bits per heavy atom. The lowest BCUT2D eigenvalue weighted by atomic mass is 9.84. The Morgan fingerprint density at radius 1 is 1.19 bits per heavy atom. The van der Waals surface area contributed by atoms with Crippen LogP contribution in [0.5, 0.6) is 5.75 Å². The highest BCUT2D eigenvalue weighted by atomic mass is 35.5. The molecule has 7 nitrogen and oxygen atoms in total. The maximum atomic E-state index is 13.4. The molecular formula is C23H21ClFN3O4. The fraction of sp³-hybridized carbons (Fsp3) is 0.261. The molecule has 0 aromatic heterocycles. The second-order valence-corrected chi connectivity index (χ2v) is 7.93. The molecule has 1 atom stereocenters. The first-order valence-corrected chi connectivity index (χ1v) is 10.1. The molecule has 0 bridgehead atoms. The predicted molar refractivity (Wildman–Crippen MR) is 115 cm³/mol. The van der Waals surface area contributed by atoms with Crippen molar-refractivity contribution in [2.24, 2.45) is 0 Å². The molecule has 0 aliphatic heterocycles. The van der Waals surface area contributed by atoms with Gasteiger partial charge in [0.15, 0.2) is 6.61 Å². The summed E-state index contributed by atoms with van der Waals surface area (Å²) in [4.78, 5) is 24.1. The average Bonchev–Trinajstić information content (AvgIpc) is 2.74. The fourth-order valence-corrected chi connectivity index (χ4v) is 3.25. The van der Waals surface area contributed by atoms with Crippen molar-refractivity contribution in [1.82, 2.24) is 10.6 Å². The van der Waals surface area contributed by atoms with Crippen LogP contribution >= 0.6 is 11.6 Å². The Kier molecular flexibility index (Phi) is 7.46. The third-order valence-corrected chi connectivity index (χ3v) is 4.93. The summed E-state index contributed by atoms with van der Waals surface area (Å²) >= 11 is 5.61. The monoisotopic (exact) mass is 457 g/mol. The minimum Gasteiger partial charge on any atom is -0.484 e. The number of carbonyl (C=O) groups is 2. The largest absolute Gasteiger partial charge is 0.484 e. The van der Waals surface area contributed by atoms with E-state index in [0.29, 0.717) is 17.7 Å². The molecule has 0 fully saturated rings. The van der Waals surface area contributed by atoms with E-state index in [0.717, 1.165) is 11.6 Å². The van der Waals surface area contributed by atoms with Gasteiger partial charge in [-0.2, -0.15) is 5.26 Å². The average molecular weight is 458 g/mol. The maximum Gasteiger partial charge on any atom is 0.258 e. The van der Waals surface area contributed by atoms with E-state index in [9.17, 15) is 14.0 Å². The quantitative estimate of drug-likeness (QED) is 0.602. The number of nitriles is 1. The van der Waals surface area contributed by atoms with Crippen LogP contribution in [0.1, 0.15) is 24.5 Å². The number of nitrogens with zero attached hydrogens (tertiary/aromatic N) is 1. The zero-order chi connectivity index (χ0) is 23.1. The number of benzene rings is 2. The molecule has 2 aromatic rings. The van der Waals surface area contributed by atoms with E-state index in [2.05, 4.69) is 10.6 Å². The molecule has 0 radical (unpaired) electrons. The summed E-state index contributed by atoms with van der Waals surface area (Å²) in [6.07, 6.45) is 2.18. The van der Waals surface area contributed by atoms with Crippen LogP contribution in [0.15, 0.2) is 54.2 Å². The molecule has 0 heterocycles. The van der Waals surface area contributed by atoms with Crippen molar-refractivity contribution >= 4 is 23.4 Å². The summed E-state index contributed by atoms with van der Waals surface area (Å²) in [7, 11) is 0. The minimum absolute atomic E-state index is 0.0249. The van der Waals surface area contributed by atoms with Crippen molar-refractivity contribution in [2.45, 2.75) is 25.5 Å². The highest BCUT2D eigenvalue weighted by Gasteiger charge is 2.34. The van der Waals surface area contributed by atoms with Crippen molar-refractivity contribution in [3.8, 4) is 11.8 Å². The summed E-state index contributed by atoms with van der Waals surface area (Å²) in [5.74, 6) is -1.10. The van der Waals surface area contributed by atoms with E-state index in [-0.39, 0.29) is 42.4 Å². The molecule has 1 unspecified atom stereocenters. The Morgan fingerprint density at radius 2 is 1.91 bits per heavy atom. The van der Waals surface area contributed by atoms with Gasteiger partial charge >= 0.3 is 0 Å². The molecule has 166 valence electrons. The van der Waals surface area contributed by atoms with Crippen molar-refractivity contribution in [3.63, 3.8) is 0 Å². The second kappa shape index (κ2) is 10.3. The second-order valence-electron chi connectivity index (χ2n) is 7.53. The molecule has 3 rings (SSSR count). The molecular weight excluding hydrogens is 437 g/mol. The summed E-state index contributed by atoms with van der Waals surface area (Å²) in [6, 6.07) is 12.9. The van der Waals surface area contributed by atoms with E-state index in [1.165, 1.54) is 12.1 Å². The van der Waals surface area contributed by atoms with Gasteiger partial charge in [-0.1, -0.05) is 23.7 Å². The van der Waals surface area contributed by atoms with E-state index in [1.807, 2.05) is 13.0 Å². The molecule has 9 heteroatoms. The van der Waals surface area contributed by atoms with Gasteiger partial charge in [-0.05, 0) is 42.8 Å². The van der Waals surface area contributed by atoms with E-state index < -0.39 is 11.4 Å². The number of halogens is 2. The van der Waals surface area contributed by atoms with E-state index in [1.54, 1.807) is 30.3 Å². The number of ether oxygens (including phenoxy) is 2. The van der Waals surface area contributed by atoms with Crippen LogP contribution < -0.4 is 15.4 Å². The number of nitrogens with one attached hydrogen (secondary N) is 2. The van der Waals surface area contributed by atoms with Gasteiger partial charge in [-0.3, -0.25) is 9.59 Å². The van der Waals surface area contributed by atoms with Gasteiger partial charge in [0.25, 0.3) is 5.91 Å². The normalized spacial score (nSPS) is 16.9. The zero-order valence-electron chi connectivity index (χ0n) is 17.3. The molecule has 32 heavy (non-hydrogen) atoms. The van der Waals surface area contributed by atoms with Crippen LogP contribution in [-0.4, -0.2) is 30.6 Å². The predicted octanol–water partition coefficient (Wildman–Crippen LogP) is 3.23. The Hall–Kier alpha value is -3.41. The lowest BCUT2D eigenvalue weighted by Crippen LogP contribution is -2.53. The summed E-state index contributed by atoms with van der Waals surface area (Å²) < 4.78 is 24.1.